The van der Waals surface area contributed by atoms with Gasteiger partial charge in [0, 0.05) is 11.5 Å². The maximum absolute atomic E-state index is 11.9. The molecule has 0 fully saturated rings. The predicted octanol–water partition coefficient (Wildman–Crippen LogP) is 4.24. The molecule has 1 heteroatoms. The molecule has 2 aromatic rings. The minimum atomic E-state index is 0.0572. The Balaban J connectivity index is 2.51. The first-order valence-corrected chi connectivity index (χ1v) is 6.18. The Morgan fingerprint density at radius 2 is 1.76 bits per heavy atom. The van der Waals surface area contributed by atoms with Crippen molar-refractivity contribution in [2.75, 3.05) is 0 Å². The van der Waals surface area contributed by atoms with Gasteiger partial charge in [0.15, 0.2) is 5.78 Å². The summed E-state index contributed by atoms with van der Waals surface area (Å²) in [6.07, 6.45) is 1.03. The van der Waals surface area contributed by atoms with Crippen molar-refractivity contribution in [2.45, 2.75) is 27.2 Å². The van der Waals surface area contributed by atoms with Crippen LogP contribution in [0.4, 0.5) is 0 Å². The van der Waals surface area contributed by atoms with E-state index in [4.69, 9.17) is 0 Å². The van der Waals surface area contributed by atoms with Gasteiger partial charge in [0.1, 0.15) is 0 Å². The molecule has 0 aliphatic rings. The van der Waals surface area contributed by atoms with Gasteiger partial charge in [0.2, 0.25) is 0 Å². The van der Waals surface area contributed by atoms with Crippen molar-refractivity contribution in [1.29, 1.82) is 0 Å². The first-order chi connectivity index (χ1) is 8.11. The van der Waals surface area contributed by atoms with E-state index in [1.54, 1.807) is 0 Å². The highest BCUT2D eigenvalue weighted by atomic mass is 16.1. The Morgan fingerprint density at radius 3 is 2.41 bits per heavy atom. The van der Waals surface area contributed by atoms with Crippen LogP contribution in [0.1, 0.15) is 36.7 Å². The first kappa shape index (κ1) is 11.8. The second kappa shape index (κ2) is 4.70. The summed E-state index contributed by atoms with van der Waals surface area (Å²) in [6, 6.07) is 12.4. The number of Topliss-reactive ketones (excluding diaryl/α,β-unsaturated/α-hetero) is 1. The molecule has 0 atom stereocenters. The topological polar surface area (TPSA) is 17.1 Å². The molecule has 0 heterocycles. The van der Waals surface area contributed by atoms with Gasteiger partial charge in [0.25, 0.3) is 0 Å². The number of carbonyl (C=O) groups excluding carboxylic acids is 1. The molecule has 1 nitrogen and oxygen atoms in total. The number of carbonyl (C=O) groups is 1. The smallest absolute Gasteiger partial charge is 0.165 e. The highest BCUT2D eigenvalue weighted by molar-refractivity contribution is 6.01. The molecule has 88 valence electrons. The van der Waals surface area contributed by atoms with Gasteiger partial charge in [-0.25, -0.2) is 0 Å². The fourth-order valence-electron chi connectivity index (χ4n) is 2.00. The Morgan fingerprint density at radius 1 is 1.06 bits per heavy atom. The fraction of sp³-hybridized carbons (Fsp3) is 0.312. The standard InChI is InChI=1S/C16H18O/c1-4-12-5-6-13-7-8-14(10-15(13)9-12)16(17)11(2)3/h5-11H,4H2,1-3H3. The molecular formula is C16H18O. The van der Waals surface area contributed by atoms with E-state index in [9.17, 15) is 4.79 Å². The zero-order valence-corrected chi connectivity index (χ0v) is 10.7. The molecule has 2 rings (SSSR count). The molecule has 0 unspecified atom stereocenters. The van der Waals surface area contributed by atoms with Crippen LogP contribution in [0, 0.1) is 5.92 Å². The molecule has 2 aromatic carbocycles. The summed E-state index contributed by atoms with van der Waals surface area (Å²) in [5.41, 5.74) is 2.13. The fourth-order valence-corrected chi connectivity index (χ4v) is 2.00. The van der Waals surface area contributed by atoms with Gasteiger partial charge in [-0.15, -0.1) is 0 Å². The third-order valence-corrected chi connectivity index (χ3v) is 3.12. The monoisotopic (exact) mass is 226 g/mol. The van der Waals surface area contributed by atoms with E-state index >= 15 is 0 Å². The van der Waals surface area contributed by atoms with E-state index in [0.717, 1.165) is 17.4 Å². The van der Waals surface area contributed by atoms with Gasteiger partial charge in [-0.1, -0.05) is 51.1 Å². The molecule has 0 radical (unpaired) electrons. The van der Waals surface area contributed by atoms with Crippen molar-refractivity contribution in [2.24, 2.45) is 5.92 Å². The number of aryl methyl sites for hydroxylation is 1. The summed E-state index contributed by atoms with van der Waals surface area (Å²) in [5.74, 6) is 0.274. The minimum Gasteiger partial charge on any atom is -0.294 e. The van der Waals surface area contributed by atoms with Crippen molar-refractivity contribution in [3.63, 3.8) is 0 Å². The molecule has 0 saturated heterocycles. The Kier molecular flexibility index (Phi) is 3.28. The SMILES string of the molecule is CCc1ccc2ccc(C(=O)C(C)C)cc2c1. The number of hydrogen-bond acceptors (Lipinski definition) is 1. The molecule has 17 heavy (non-hydrogen) atoms. The molecule has 0 aromatic heterocycles. The van der Waals surface area contributed by atoms with Gasteiger partial charge < -0.3 is 0 Å². The summed E-state index contributed by atoms with van der Waals surface area (Å²) >= 11 is 0. The minimum absolute atomic E-state index is 0.0572. The van der Waals surface area contributed by atoms with Crippen LogP contribution in [0.25, 0.3) is 10.8 Å². The lowest BCUT2D eigenvalue weighted by Crippen LogP contribution is -2.06. The van der Waals surface area contributed by atoms with Crippen LogP contribution < -0.4 is 0 Å². The Hall–Kier alpha value is -1.63. The van der Waals surface area contributed by atoms with Gasteiger partial charge >= 0.3 is 0 Å². The average Bonchev–Trinajstić information content (AvgIpc) is 2.36. The maximum Gasteiger partial charge on any atom is 0.165 e. The number of rotatable bonds is 3. The third-order valence-electron chi connectivity index (χ3n) is 3.12. The molecule has 0 aliphatic heterocycles. The van der Waals surface area contributed by atoms with Crippen LogP contribution in [-0.4, -0.2) is 5.78 Å². The van der Waals surface area contributed by atoms with Gasteiger partial charge in [-0.05, 0) is 28.8 Å². The maximum atomic E-state index is 11.9. The van der Waals surface area contributed by atoms with Crippen LogP contribution in [0.2, 0.25) is 0 Å². The molecular weight excluding hydrogens is 208 g/mol. The Labute approximate surface area is 102 Å². The number of benzene rings is 2. The number of fused-ring (bicyclic) bond motifs is 1. The molecule has 0 amide bonds. The highest BCUT2D eigenvalue weighted by Crippen LogP contribution is 2.20. The Bertz CT molecular complexity index is 552. The normalized spacial score (nSPS) is 11.1. The highest BCUT2D eigenvalue weighted by Gasteiger charge is 2.10. The van der Waals surface area contributed by atoms with Gasteiger partial charge in [0.05, 0.1) is 0 Å². The van der Waals surface area contributed by atoms with Crippen LogP contribution in [0.3, 0.4) is 0 Å². The molecule has 0 bridgehead atoms. The van der Waals surface area contributed by atoms with E-state index in [0.29, 0.717) is 0 Å². The van der Waals surface area contributed by atoms with Crippen LogP contribution in [-0.2, 0) is 6.42 Å². The van der Waals surface area contributed by atoms with E-state index < -0.39 is 0 Å². The van der Waals surface area contributed by atoms with E-state index in [2.05, 4.69) is 25.1 Å². The zero-order chi connectivity index (χ0) is 12.4. The van der Waals surface area contributed by atoms with Crippen molar-refractivity contribution in [1.82, 2.24) is 0 Å². The van der Waals surface area contributed by atoms with Crippen molar-refractivity contribution < 1.29 is 4.79 Å². The largest absolute Gasteiger partial charge is 0.294 e. The number of hydrogen-bond donors (Lipinski definition) is 0. The first-order valence-electron chi connectivity index (χ1n) is 6.18. The summed E-state index contributed by atoms with van der Waals surface area (Å²) in [4.78, 5) is 11.9. The van der Waals surface area contributed by atoms with Gasteiger partial charge in [-0.2, -0.15) is 0 Å². The predicted molar refractivity (Wildman–Crippen MR) is 72.5 cm³/mol. The summed E-state index contributed by atoms with van der Waals surface area (Å²) in [6.45, 7) is 6.02. The molecule has 0 spiro atoms. The van der Waals surface area contributed by atoms with Crippen LogP contribution in [0.5, 0.6) is 0 Å². The van der Waals surface area contributed by atoms with Crippen molar-refractivity contribution >= 4 is 16.6 Å². The zero-order valence-electron chi connectivity index (χ0n) is 10.7. The molecule has 0 aliphatic carbocycles. The summed E-state index contributed by atoms with van der Waals surface area (Å²) in [7, 11) is 0. The van der Waals surface area contributed by atoms with E-state index in [1.807, 2.05) is 32.0 Å². The molecule has 0 saturated carbocycles. The van der Waals surface area contributed by atoms with Crippen LogP contribution in [0.15, 0.2) is 36.4 Å². The second-order valence-corrected chi connectivity index (χ2v) is 4.77. The second-order valence-electron chi connectivity index (χ2n) is 4.77. The summed E-state index contributed by atoms with van der Waals surface area (Å²) < 4.78 is 0. The molecule has 0 N–H and O–H groups in total. The quantitative estimate of drug-likeness (QED) is 0.715. The average molecular weight is 226 g/mol. The van der Waals surface area contributed by atoms with Crippen molar-refractivity contribution in [3.8, 4) is 0 Å². The van der Waals surface area contributed by atoms with Crippen LogP contribution >= 0.6 is 0 Å². The third kappa shape index (κ3) is 2.38. The van der Waals surface area contributed by atoms with Crippen molar-refractivity contribution in [3.05, 3.63) is 47.5 Å². The lowest BCUT2D eigenvalue weighted by molar-refractivity contribution is 0.0939. The lowest BCUT2D eigenvalue weighted by Gasteiger charge is -2.06. The lowest BCUT2D eigenvalue weighted by atomic mass is 9.97. The summed E-state index contributed by atoms with van der Waals surface area (Å²) in [5, 5.41) is 2.36. The van der Waals surface area contributed by atoms with E-state index in [-0.39, 0.29) is 11.7 Å². The number of ketones is 1. The van der Waals surface area contributed by atoms with Gasteiger partial charge in [-0.3, -0.25) is 4.79 Å². The van der Waals surface area contributed by atoms with E-state index in [1.165, 1.54) is 10.9 Å².